The third kappa shape index (κ3) is 6.22. The van der Waals surface area contributed by atoms with E-state index in [-0.39, 0.29) is 13.0 Å². The molecule has 0 spiro atoms. The van der Waals surface area contributed by atoms with Crippen molar-refractivity contribution in [2.75, 3.05) is 19.6 Å². The monoisotopic (exact) mass is 365 g/mol. The molecule has 1 aliphatic carbocycles. The Bertz CT molecular complexity index is 528. The molecule has 0 aromatic heterocycles. The maximum atomic E-state index is 14.2. The van der Waals surface area contributed by atoms with Gasteiger partial charge in [-0.05, 0) is 25.2 Å². The number of hydrogen-bond acceptors (Lipinski definition) is 2. The Morgan fingerprint density at radius 3 is 2.54 bits per heavy atom. The first-order chi connectivity index (χ1) is 12.4. The molecule has 26 heavy (non-hydrogen) atoms. The highest BCUT2D eigenvalue weighted by atomic mass is 19.1. The molecule has 2 aliphatic rings. The first kappa shape index (κ1) is 21.1. The van der Waals surface area contributed by atoms with Gasteiger partial charge in [-0.2, -0.15) is 0 Å². The van der Waals surface area contributed by atoms with Crippen molar-refractivity contribution in [1.82, 2.24) is 4.90 Å². The normalized spacial score (nSPS) is 26.7. The Balaban J connectivity index is 1.72. The van der Waals surface area contributed by atoms with Crippen LogP contribution in [-0.4, -0.2) is 41.3 Å². The van der Waals surface area contributed by atoms with E-state index < -0.39 is 11.6 Å². The van der Waals surface area contributed by atoms with Crippen LogP contribution in [0.3, 0.4) is 0 Å². The lowest BCUT2D eigenvalue weighted by molar-refractivity contribution is -0.149. The number of rotatable bonds is 11. The lowest BCUT2D eigenvalue weighted by Crippen LogP contribution is -2.37. The molecule has 0 aromatic rings. The molecular formula is C22H36FNO2. The van der Waals surface area contributed by atoms with Gasteiger partial charge in [-0.15, -0.1) is 0 Å². The molecule has 0 saturated carbocycles. The van der Waals surface area contributed by atoms with Crippen LogP contribution in [0.2, 0.25) is 0 Å². The highest BCUT2D eigenvalue weighted by molar-refractivity contribution is 5.78. The van der Waals surface area contributed by atoms with Crippen LogP contribution in [0.25, 0.3) is 0 Å². The van der Waals surface area contributed by atoms with E-state index in [1.807, 2.05) is 4.90 Å². The predicted molar refractivity (Wildman–Crippen MR) is 105 cm³/mol. The third-order valence-corrected chi connectivity index (χ3v) is 5.92. The number of carboxylic acid groups (broad SMARTS) is 1. The lowest BCUT2D eigenvalue weighted by atomic mass is 9.86. The van der Waals surface area contributed by atoms with Crippen molar-refractivity contribution in [2.24, 2.45) is 5.92 Å². The summed E-state index contributed by atoms with van der Waals surface area (Å²) in [6.07, 6.45) is 16.2. The van der Waals surface area contributed by atoms with Gasteiger partial charge in [-0.25, -0.2) is 9.18 Å². The molecule has 2 unspecified atom stereocenters. The fourth-order valence-electron chi connectivity index (χ4n) is 4.10. The molecule has 3 nitrogen and oxygen atoms in total. The van der Waals surface area contributed by atoms with Crippen LogP contribution in [0.1, 0.15) is 78.1 Å². The third-order valence-electron chi connectivity index (χ3n) is 5.92. The van der Waals surface area contributed by atoms with Crippen molar-refractivity contribution in [3.63, 3.8) is 0 Å². The van der Waals surface area contributed by atoms with Crippen LogP contribution < -0.4 is 0 Å². The van der Waals surface area contributed by atoms with E-state index in [0.29, 0.717) is 19.0 Å². The summed E-state index contributed by atoms with van der Waals surface area (Å²) < 4.78 is 14.2. The van der Waals surface area contributed by atoms with Crippen molar-refractivity contribution in [2.45, 2.75) is 83.7 Å². The summed E-state index contributed by atoms with van der Waals surface area (Å²) >= 11 is 0. The van der Waals surface area contributed by atoms with Gasteiger partial charge in [-0.1, -0.05) is 75.7 Å². The molecule has 0 aromatic carbocycles. The zero-order valence-electron chi connectivity index (χ0n) is 16.6. The highest BCUT2D eigenvalue weighted by Crippen LogP contribution is 2.31. The summed E-state index contributed by atoms with van der Waals surface area (Å²) in [5.41, 5.74) is 0.779. The summed E-state index contributed by atoms with van der Waals surface area (Å²) in [6, 6.07) is 0. The predicted octanol–water partition coefficient (Wildman–Crippen LogP) is 5.52. The first-order valence-electron chi connectivity index (χ1n) is 10.5. The SMILES string of the molecule is CCCCCCCCCC1=CC=C(CN2CCC(F)(C(=O)O)C2)C(C)C1. The van der Waals surface area contributed by atoms with Crippen LogP contribution in [0.4, 0.5) is 4.39 Å². The van der Waals surface area contributed by atoms with Crippen LogP contribution in [-0.2, 0) is 4.79 Å². The number of unbranched alkanes of at least 4 members (excludes halogenated alkanes) is 6. The molecule has 148 valence electrons. The number of allylic oxidation sites excluding steroid dienone is 3. The first-order valence-corrected chi connectivity index (χ1v) is 10.5. The lowest BCUT2D eigenvalue weighted by Gasteiger charge is -2.26. The highest BCUT2D eigenvalue weighted by Gasteiger charge is 2.45. The number of nitrogens with zero attached hydrogens (tertiary/aromatic N) is 1. The fourth-order valence-corrected chi connectivity index (χ4v) is 4.10. The van der Waals surface area contributed by atoms with Gasteiger partial charge in [0.1, 0.15) is 0 Å². The van der Waals surface area contributed by atoms with Gasteiger partial charge in [-0.3, -0.25) is 4.90 Å². The summed E-state index contributed by atoms with van der Waals surface area (Å²) in [5.74, 6) is -0.846. The quantitative estimate of drug-likeness (QED) is 0.490. The standard InChI is InChI=1S/C22H36FNO2/c1-3-4-5-6-7-8-9-10-19-11-12-20(18(2)15-19)16-24-14-13-22(23,17-24)21(25)26/h11-12,18H,3-10,13-17H2,1-2H3,(H,25,26). The minimum absolute atomic E-state index is 0.0149. The molecule has 1 fully saturated rings. The van der Waals surface area contributed by atoms with E-state index in [2.05, 4.69) is 26.0 Å². The molecule has 1 aliphatic heterocycles. The molecule has 0 amide bonds. The van der Waals surface area contributed by atoms with Crippen molar-refractivity contribution in [1.29, 1.82) is 0 Å². The van der Waals surface area contributed by atoms with Gasteiger partial charge in [0.05, 0.1) is 0 Å². The minimum Gasteiger partial charge on any atom is -0.479 e. The van der Waals surface area contributed by atoms with Crippen molar-refractivity contribution in [3.05, 3.63) is 23.3 Å². The zero-order valence-corrected chi connectivity index (χ0v) is 16.6. The van der Waals surface area contributed by atoms with E-state index in [1.54, 1.807) is 0 Å². The average molecular weight is 366 g/mol. The van der Waals surface area contributed by atoms with Gasteiger partial charge in [0, 0.05) is 26.1 Å². The number of alkyl halides is 1. The van der Waals surface area contributed by atoms with Crippen LogP contribution >= 0.6 is 0 Å². The summed E-state index contributed by atoms with van der Waals surface area (Å²) in [7, 11) is 0. The Hall–Kier alpha value is -1.16. The van der Waals surface area contributed by atoms with Crippen LogP contribution in [0, 0.1) is 5.92 Å². The maximum Gasteiger partial charge on any atom is 0.342 e. The second-order valence-corrected chi connectivity index (χ2v) is 8.27. The molecular weight excluding hydrogens is 329 g/mol. The molecule has 0 bridgehead atoms. The molecule has 2 atom stereocenters. The average Bonchev–Trinajstić information content (AvgIpc) is 2.99. The number of aliphatic carboxylic acids is 1. The summed E-state index contributed by atoms with van der Waals surface area (Å²) in [5, 5.41) is 9.02. The zero-order chi connectivity index (χ0) is 19.0. The smallest absolute Gasteiger partial charge is 0.342 e. The van der Waals surface area contributed by atoms with E-state index in [9.17, 15) is 9.18 Å². The minimum atomic E-state index is -2.06. The van der Waals surface area contributed by atoms with E-state index >= 15 is 0 Å². The topological polar surface area (TPSA) is 40.5 Å². The number of halogens is 1. The van der Waals surface area contributed by atoms with E-state index in [0.717, 1.165) is 6.42 Å². The van der Waals surface area contributed by atoms with Gasteiger partial charge in [0.15, 0.2) is 0 Å². The number of carbonyl (C=O) groups is 1. The van der Waals surface area contributed by atoms with Crippen molar-refractivity contribution < 1.29 is 14.3 Å². The van der Waals surface area contributed by atoms with Crippen LogP contribution in [0.5, 0.6) is 0 Å². The van der Waals surface area contributed by atoms with Gasteiger partial charge < -0.3 is 5.11 Å². The number of hydrogen-bond donors (Lipinski definition) is 1. The molecule has 4 heteroatoms. The van der Waals surface area contributed by atoms with Gasteiger partial charge in [0.2, 0.25) is 5.67 Å². The Labute approximate surface area is 158 Å². The maximum absolute atomic E-state index is 14.2. The summed E-state index contributed by atoms with van der Waals surface area (Å²) in [4.78, 5) is 13.0. The second kappa shape index (κ2) is 10.2. The van der Waals surface area contributed by atoms with E-state index in [1.165, 1.54) is 62.5 Å². The Morgan fingerprint density at radius 1 is 1.23 bits per heavy atom. The number of carboxylic acids is 1. The van der Waals surface area contributed by atoms with Crippen molar-refractivity contribution in [3.8, 4) is 0 Å². The van der Waals surface area contributed by atoms with Gasteiger partial charge >= 0.3 is 5.97 Å². The second-order valence-electron chi connectivity index (χ2n) is 8.27. The van der Waals surface area contributed by atoms with E-state index in [4.69, 9.17) is 5.11 Å². The largest absolute Gasteiger partial charge is 0.479 e. The van der Waals surface area contributed by atoms with Crippen molar-refractivity contribution >= 4 is 5.97 Å². The molecule has 1 N–H and O–H groups in total. The molecule has 1 heterocycles. The summed E-state index contributed by atoms with van der Waals surface area (Å²) in [6.45, 7) is 5.73. The Morgan fingerprint density at radius 2 is 1.92 bits per heavy atom. The number of likely N-dealkylation sites (tertiary alicyclic amines) is 1. The molecule has 0 radical (unpaired) electrons. The molecule has 2 rings (SSSR count). The molecule has 1 saturated heterocycles. The van der Waals surface area contributed by atoms with Crippen LogP contribution in [0.15, 0.2) is 23.3 Å². The fraction of sp³-hybridized carbons (Fsp3) is 0.773. The Kier molecular flexibility index (Phi) is 8.33. The van der Waals surface area contributed by atoms with Gasteiger partial charge in [0.25, 0.3) is 0 Å².